The smallest absolute Gasteiger partial charge is 0.312 e. The molecule has 2 aromatic carbocycles. The van der Waals surface area contributed by atoms with Gasteiger partial charge >= 0.3 is 5.69 Å². The molecule has 0 saturated heterocycles. The van der Waals surface area contributed by atoms with Gasteiger partial charge in [-0.15, -0.1) is 0 Å². The fraction of sp³-hybridized carbons (Fsp3) is 0.292. The predicted octanol–water partition coefficient (Wildman–Crippen LogP) is 4.35. The van der Waals surface area contributed by atoms with E-state index in [1.54, 1.807) is 25.2 Å². The summed E-state index contributed by atoms with van der Waals surface area (Å²) in [6, 6.07) is 13.2. The van der Waals surface area contributed by atoms with Crippen LogP contribution in [0.15, 0.2) is 52.1 Å². The second-order valence-corrected chi connectivity index (χ2v) is 9.56. The Kier molecular flexibility index (Phi) is 5.34. The molecule has 0 radical (unpaired) electrons. The topological polar surface area (TPSA) is 65.1 Å². The molecule has 1 atom stereocenters. The van der Waals surface area contributed by atoms with E-state index in [9.17, 15) is 9.59 Å². The Balaban J connectivity index is 1.72. The Morgan fingerprint density at radius 3 is 2.61 bits per heavy atom. The van der Waals surface area contributed by atoms with Gasteiger partial charge in [0.2, 0.25) is 5.95 Å². The summed E-state index contributed by atoms with van der Waals surface area (Å²) >= 11 is 12.3. The van der Waals surface area contributed by atoms with Crippen molar-refractivity contribution in [3.8, 4) is 0 Å². The van der Waals surface area contributed by atoms with Gasteiger partial charge in [0, 0.05) is 35.9 Å². The first-order valence-electron chi connectivity index (χ1n) is 10.7. The van der Waals surface area contributed by atoms with Crippen molar-refractivity contribution in [1.29, 1.82) is 0 Å². The second-order valence-electron chi connectivity index (χ2n) is 8.72. The molecule has 0 unspecified atom stereocenters. The highest BCUT2D eigenvalue weighted by atomic mass is 35.5. The Labute approximate surface area is 200 Å². The molecule has 2 aromatic heterocycles. The van der Waals surface area contributed by atoms with Gasteiger partial charge in [0.15, 0.2) is 11.2 Å². The van der Waals surface area contributed by atoms with Crippen LogP contribution < -0.4 is 16.1 Å². The molecule has 0 amide bonds. The number of aryl methyl sites for hydroxylation is 2. The van der Waals surface area contributed by atoms with Crippen molar-refractivity contribution in [2.45, 2.75) is 26.9 Å². The van der Waals surface area contributed by atoms with Gasteiger partial charge in [0.25, 0.3) is 5.56 Å². The Hall–Kier alpha value is -3.03. The van der Waals surface area contributed by atoms with Crippen LogP contribution in [-0.2, 0) is 20.1 Å². The van der Waals surface area contributed by atoms with Gasteiger partial charge in [0.05, 0.1) is 6.54 Å². The lowest BCUT2D eigenvalue weighted by atomic mass is 10.1. The number of nitrogens with zero attached hydrogens (tertiary/aromatic N) is 5. The average molecular weight is 484 g/mol. The first kappa shape index (κ1) is 21.8. The largest absolute Gasteiger partial charge is 0.332 e. The quantitative estimate of drug-likeness (QED) is 0.434. The Morgan fingerprint density at radius 1 is 1.09 bits per heavy atom. The number of fused-ring (bicyclic) bond motifs is 3. The van der Waals surface area contributed by atoms with Crippen LogP contribution in [0.25, 0.3) is 11.2 Å². The molecule has 9 heteroatoms. The molecule has 0 fully saturated rings. The van der Waals surface area contributed by atoms with E-state index in [2.05, 4.69) is 17.9 Å². The average Bonchev–Trinajstić information content (AvgIpc) is 3.15. The van der Waals surface area contributed by atoms with Crippen LogP contribution in [0.5, 0.6) is 0 Å². The van der Waals surface area contributed by atoms with Crippen LogP contribution in [0, 0.1) is 12.8 Å². The maximum absolute atomic E-state index is 13.6. The summed E-state index contributed by atoms with van der Waals surface area (Å²) in [5.41, 5.74) is 2.78. The van der Waals surface area contributed by atoms with Gasteiger partial charge < -0.3 is 9.47 Å². The number of hydrogen-bond acceptors (Lipinski definition) is 4. The van der Waals surface area contributed by atoms with E-state index in [1.165, 1.54) is 9.13 Å². The van der Waals surface area contributed by atoms with Crippen LogP contribution in [0.3, 0.4) is 0 Å². The van der Waals surface area contributed by atoms with Crippen molar-refractivity contribution in [2.75, 3.05) is 11.4 Å². The second kappa shape index (κ2) is 8.08. The van der Waals surface area contributed by atoms with Crippen molar-refractivity contribution >= 4 is 46.0 Å². The molecule has 0 N–H and O–H groups in total. The Bertz CT molecular complexity index is 1520. The van der Waals surface area contributed by atoms with Crippen LogP contribution in [0.2, 0.25) is 10.0 Å². The number of aromatic nitrogens is 4. The van der Waals surface area contributed by atoms with Crippen LogP contribution >= 0.6 is 23.2 Å². The Morgan fingerprint density at radius 2 is 1.88 bits per heavy atom. The van der Waals surface area contributed by atoms with Gasteiger partial charge in [-0.05, 0) is 48.2 Å². The van der Waals surface area contributed by atoms with Gasteiger partial charge in [-0.3, -0.25) is 13.9 Å². The summed E-state index contributed by atoms with van der Waals surface area (Å²) in [4.78, 5) is 33.7. The van der Waals surface area contributed by atoms with E-state index in [1.807, 2.05) is 29.7 Å². The van der Waals surface area contributed by atoms with Gasteiger partial charge in [0.1, 0.15) is 0 Å². The van der Waals surface area contributed by atoms with E-state index < -0.39 is 5.69 Å². The monoisotopic (exact) mass is 483 g/mol. The summed E-state index contributed by atoms with van der Waals surface area (Å²) in [5.74, 6) is 0.953. The first-order valence-corrected chi connectivity index (χ1v) is 11.5. The number of rotatable bonds is 3. The van der Waals surface area contributed by atoms with Crippen molar-refractivity contribution in [3.05, 3.63) is 84.5 Å². The van der Waals surface area contributed by atoms with Gasteiger partial charge in [-0.2, -0.15) is 4.98 Å². The van der Waals surface area contributed by atoms with Gasteiger partial charge in [-0.1, -0.05) is 48.3 Å². The SMILES string of the molecule is Cc1cccc(N2C[C@@H](C)Cn3c2nc2c3c(=O)n(Cc3ccc(Cl)cc3Cl)c(=O)n2C)c1. The van der Waals surface area contributed by atoms with Crippen molar-refractivity contribution in [3.63, 3.8) is 0 Å². The molecule has 0 saturated carbocycles. The number of imidazole rings is 1. The third-order valence-corrected chi connectivity index (χ3v) is 6.69. The van der Waals surface area contributed by atoms with Crippen LogP contribution in [-0.4, -0.2) is 25.2 Å². The molecular weight excluding hydrogens is 461 g/mol. The number of halogens is 2. The van der Waals surface area contributed by atoms with E-state index in [4.69, 9.17) is 28.2 Å². The number of benzene rings is 2. The predicted molar refractivity (Wildman–Crippen MR) is 132 cm³/mol. The molecule has 170 valence electrons. The lowest BCUT2D eigenvalue weighted by molar-refractivity contribution is 0.458. The number of anilines is 2. The fourth-order valence-electron chi connectivity index (χ4n) is 4.48. The van der Waals surface area contributed by atoms with Crippen LogP contribution in [0.1, 0.15) is 18.1 Å². The van der Waals surface area contributed by atoms with E-state index >= 15 is 0 Å². The third kappa shape index (κ3) is 3.65. The standard InChI is InChI=1S/C24H23Cl2N5O2/c1-14-5-4-6-18(9-14)29-11-15(2)12-30-20-21(27-23(29)30)28(3)24(33)31(22(20)32)13-16-7-8-17(25)10-19(16)26/h4-10,15H,11-13H2,1-3H3/t15-/m1/s1. The summed E-state index contributed by atoms with van der Waals surface area (Å²) in [5, 5.41) is 0.903. The lowest BCUT2D eigenvalue weighted by Gasteiger charge is -2.33. The molecule has 1 aliphatic heterocycles. The molecule has 33 heavy (non-hydrogen) atoms. The highest BCUT2D eigenvalue weighted by Gasteiger charge is 2.30. The van der Waals surface area contributed by atoms with Crippen LogP contribution in [0.4, 0.5) is 11.6 Å². The zero-order chi connectivity index (χ0) is 23.4. The zero-order valence-electron chi connectivity index (χ0n) is 18.5. The molecule has 3 heterocycles. The molecule has 4 aromatic rings. The zero-order valence-corrected chi connectivity index (χ0v) is 20.1. The molecule has 1 aliphatic rings. The summed E-state index contributed by atoms with van der Waals surface area (Å²) in [6.07, 6.45) is 0. The molecule has 7 nitrogen and oxygen atoms in total. The minimum absolute atomic E-state index is 0.0507. The molecule has 0 spiro atoms. The molecular formula is C24H23Cl2N5O2. The molecule has 0 aliphatic carbocycles. The van der Waals surface area contributed by atoms with E-state index in [0.29, 0.717) is 39.3 Å². The fourth-order valence-corrected chi connectivity index (χ4v) is 4.95. The maximum Gasteiger partial charge on any atom is 0.332 e. The van der Waals surface area contributed by atoms with Crippen molar-refractivity contribution in [1.82, 2.24) is 18.7 Å². The normalized spacial score (nSPS) is 15.8. The van der Waals surface area contributed by atoms with E-state index in [0.717, 1.165) is 17.8 Å². The molecule has 0 bridgehead atoms. The highest BCUT2D eigenvalue weighted by Crippen LogP contribution is 2.33. The lowest BCUT2D eigenvalue weighted by Crippen LogP contribution is -2.40. The summed E-state index contributed by atoms with van der Waals surface area (Å²) < 4.78 is 4.58. The minimum atomic E-state index is -0.441. The summed E-state index contributed by atoms with van der Waals surface area (Å²) in [7, 11) is 1.64. The first-order chi connectivity index (χ1) is 15.7. The molecule has 5 rings (SSSR count). The summed E-state index contributed by atoms with van der Waals surface area (Å²) in [6.45, 7) is 5.66. The maximum atomic E-state index is 13.6. The van der Waals surface area contributed by atoms with Gasteiger partial charge in [-0.25, -0.2) is 4.79 Å². The minimum Gasteiger partial charge on any atom is -0.312 e. The third-order valence-electron chi connectivity index (χ3n) is 6.10. The van der Waals surface area contributed by atoms with E-state index in [-0.39, 0.29) is 18.0 Å². The van der Waals surface area contributed by atoms with Crippen molar-refractivity contribution < 1.29 is 0 Å². The van der Waals surface area contributed by atoms with Crippen molar-refractivity contribution in [2.24, 2.45) is 13.0 Å². The highest BCUT2D eigenvalue weighted by molar-refractivity contribution is 6.35. The number of hydrogen-bond donors (Lipinski definition) is 0.